The van der Waals surface area contributed by atoms with Gasteiger partial charge in [0.1, 0.15) is 0 Å². The maximum atomic E-state index is 12.1. The fourth-order valence-electron chi connectivity index (χ4n) is 3.27. The average molecular weight is 415 g/mol. The highest BCUT2D eigenvalue weighted by Gasteiger charge is 2.14. The lowest BCUT2D eigenvalue weighted by Gasteiger charge is -2.32. The van der Waals surface area contributed by atoms with Crippen LogP contribution in [0.2, 0.25) is 5.02 Å². The van der Waals surface area contributed by atoms with Crippen LogP contribution in [-0.4, -0.2) is 61.4 Å². The number of piperazine rings is 1. The van der Waals surface area contributed by atoms with Crippen molar-refractivity contribution in [3.63, 3.8) is 0 Å². The lowest BCUT2D eigenvalue weighted by Crippen LogP contribution is -2.43. The molecule has 0 spiro atoms. The molecular formula is C22H27ClN4O2. The topological polar surface area (TPSA) is 64.7 Å². The fraction of sp³-hybridized carbons (Fsp3) is 0.364. The molecule has 1 fully saturated rings. The van der Waals surface area contributed by atoms with E-state index in [1.165, 1.54) is 5.56 Å². The number of nitrogens with zero attached hydrogens (tertiary/aromatic N) is 2. The van der Waals surface area contributed by atoms with E-state index in [9.17, 15) is 9.59 Å². The van der Waals surface area contributed by atoms with E-state index >= 15 is 0 Å². The lowest BCUT2D eigenvalue weighted by molar-refractivity contribution is -0.120. The molecule has 2 N–H and O–H groups in total. The molecule has 154 valence electrons. The van der Waals surface area contributed by atoms with Crippen molar-refractivity contribution in [2.24, 2.45) is 0 Å². The number of amides is 2. The van der Waals surface area contributed by atoms with Gasteiger partial charge in [0, 0.05) is 39.3 Å². The standard InChI is InChI=1S/C22H27ClN4O2/c1-26-9-11-27(12-10-26)16-18-6-4-5-17(13-18)14-24-21(28)15-25-22(29)19-7-2-3-8-20(19)23/h2-8,13H,9-12,14-16H2,1H3,(H,24,28)(H,25,29). The summed E-state index contributed by atoms with van der Waals surface area (Å²) in [6.07, 6.45) is 0. The molecule has 0 saturated carbocycles. The number of nitrogens with one attached hydrogen (secondary N) is 2. The molecular weight excluding hydrogens is 388 g/mol. The molecule has 0 aromatic heterocycles. The number of carbonyl (C=O) groups excluding carboxylic acids is 2. The summed E-state index contributed by atoms with van der Waals surface area (Å²) in [6.45, 7) is 5.59. The first-order chi connectivity index (χ1) is 14.0. The second kappa shape index (κ2) is 10.4. The quantitative estimate of drug-likeness (QED) is 0.728. The molecule has 0 atom stereocenters. The van der Waals surface area contributed by atoms with Crippen molar-refractivity contribution in [1.29, 1.82) is 0 Å². The van der Waals surface area contributed by atoms with Crippen LogP contribution in [0.15, 0.2) is 48.5 Å². The van der Waals surface area contributed by atoms with Crippen molar-refractivity contribution in [3.05, 3.63) is 70.2 Å². The minimum Gasteiger partial charge on any atom is -0.350 e. The number of hydrogen-bond donors (Lipinski definition) is 2. The highest BCUT2D eigenvalue weighted by molar-refractivity contribution is 6.33. The molecule has 2 aromatic rings. The zero-order valence-corrected chi connectivity index (χ0v) is 17.4. The zero-order chi connectivity index (χ0) is 20.6. The maximum absolute atomic E-state index is 12.1. The number of likely N-dealkylation sites (N-methyl/N-ethyl adjacent to an activating group) is 1. The predicted octanol–water partition coefficient (Wildman–Crippen LogP) is 2.13. The molecule has 2 amide bonds. The summed E-state index contributed by atoms with van der Waals surface area (Å²) < 4.78 is 0. The van der Waals surface area contributed by atoms with E-state index in [-0.39, 0.29) is 18.4 Å². The van der Waals surface area contributed by atoms with Gasteiger partial charge in [-0.3, -0.25) is 14.5 Å². The van der Waals surface area contributed by atoms with Crippen LogP contribution in [0.5, 0.6) is 0 Å². The minimum absolute atomic E-state index is 0.0922. The van der Waals surface area contributed by atoms with Gasteiger partial charge in [0.25, 0.3) is 5.91 Å². The van der Waals surface area contributed by atoms with Gasteiger partial charge in [-0.15, -0.1) is 0 Å². The van der Waals surface area contributed by atoms with Gasteiger partial charge in [0.15, 0.2) is 0 Å². The Morgan fingerprint density at radius 1 is 0.966 bits per heavy atom. The van der Waals surface area contributed by atoms with Crippen LogP contribution in [0.3, 0.4) is 0 Å². The van der Waals surface area contributed by atoms with Gasteiger partial charge in [-0.2, -0.15) is 0 Å². The number of hydrogen-bond acceptors (Lipinski definition) is 4. The highest BCUT2D eigenvalue weighted by Crippen LogP contribution is 2.14. The van der Waals surface area contributed by atoms with Crippen LogP contribution in [-0.2, 0) is 17.9 Å². The Balaban J connectivity index is 1.44. The van der Waals surface area contributed by atoms with E-state index in [0.717, 1.165) is 38.3 Å². The Labute approximate surface area is 176 Å². The van der Waals surface area contributed by atoms with Crippen molar-refractivity contribution in [3.8, 4) is 0 Å². The first-order valence-corrected chi connectivity index (χ1v) is 10.2. The Bertz CT molecular complexity index is 850. The van der Waals surface area contributed by atoms with Gasteiger partial charge in [-0.25, -0.2) is 0 Å². The van der Waals surface area contributed by atoms with E-state index in [0.29, 0.717) is 17.1 Å². The van der Waals surface area contributed by atoms with Crippen molar-refractivity contribution in [1.82, 2.24) is 20.4 Å². The second-order valence-corrected chi connectivity index (χ2v) is 7.75. The third-order valence-corrected chi connectivity index (χ3v) is 5.34. The van der Waals surface area contributed by atoms with Crippen LogP contribution in [0.25, 0.3) is 0 Å². The molecule has 0 radical (unpaired) electrons. The molecule has 6 nitrogen and oxygen atoms in total. The van der Waals surface area contributed by atoms with Crippen molar-refractivity contribution in [2.45, 2.75) is 13.1 Å². The third-order valence-electron chi connectivity index (χ3n) is 5.01. The summed E-state index contributed by atoms with van der Waals surface area (Å²) in [4.78, 5) is 29.0. The van der Waals surface area contributed by atoms with Crippen molar-refractivity contribution < 1.29 is 9.59 Å². The monoisotopic (exact) mass is 414 g/mol. The first-order valence-electron chi connectivity index (χ1n) is 9.79. The summed E-state index contributed by atoms with van der Waals surface area (Å²) >= 11 is 6.00. The molecule has 2 aromatic carbocycles. The first kappa shape index (κ1) is 21.3. The molecule has 1 heterocycles. The number of benzene rings is 2. The predicted molar refractivity (Wildman–Crippen MR) is 115 cm³/mol. The molecule has 7 heteroatoms. The normalized spacial score (nSPS) is 15.1. The third kappa shape index (κ3) is 6.56. The van der Waals surface area contributed by atoms with Crippen molar-refractivity contribution >= 4 is 23.4 Å². The van der Waals surface area contributed by atoms with E-state index < -0.39 is 0 Å². The molecule has 1 aliphatic rings. The van der Waals surface area contributed by atoms with E-state index in [1.54, 1.807) is 24.3 Å². The van der Waals surface area contributed by atoms with E-state index in [2.05, 4.69) is 39.6 Å². The van der Waals surface area contributed by atoms with Crippen LogP contribution in [0.1, 0.15) is 21.5 Å². The summed E-state index contributed by atoms with van der Waals surface area (Å²) in [6, 6.07) is 15.0. The Hall–Kier alpha value is -2.41. The van der Waals surface area contributed by atoms with Gasteiger partial charge in [0.2, 0.25) is 5.91 Å². The van der Waals surface area contributed by atoms with E-state index in [4.69, 9.17) is 11.6 Å². The average Bonchev–Trinajstić information content (AvgIpc) is 2.73. The number of carbonyl (C=O) groups is 2. The largest absolute Gasteiger partial charge is 0.350 e. The van der Waals surface area contributed by atoms with Gasteiger partial charge >= 0.3 is 0 Å². The van der Waals surface area contributed by atoms with Gasteiger partial charge < -0.3 is 15.5 Å². The summed E-state index contributed by atoms with van der Waals surface area (Å²) in [5.74, 6) is -0.602. The molecule has 1 aliphatic heterocycles. The fourth-order valence-corrected chi connectivity index (χ4v) is 3.49. The van der Waals surface area contributed by atoms with Crippen LogP contribution < -0.4 is 10.6 Å². The Kier molecular flexibility index (Phi) is 7.63. The maximum Gasteiger partial charge on any atom is 0.253 e. The molecule has 0 aliphatic carbocycles. The SMILES string of the molecule is CN1CCN(Cc2cccc(CNC(=O)CNC(=O)c3ccccc3Cl)c2)CC1. The molecule has 3 rings (SSSR count). The minimum atomic E-state index is -0.361. The van der Waals surface area contributed by atoms with Crippen molar-refractivity contribution in [2.75, 3.05) is 39.8 Å². The van der Waals surface area contributed by atoms with Gasteiger partial charge in [0.05, 0.1) is 17.1 Å². The van der Waals surface area contributed by atoms with Crippen LogP contribution in [0, 0.1) is 0 Å². The van der Waals surface area contributed by atoms with E-state index in [1.807, 2.05) is 12.1 Å². The summed E-state index contributed by atoms with van der Waals surface area (Å²) in [5, 5.41) is 5.81. The molecule has 1 saturated heterocycles. The van der Waals surface area contributed by atoms with Gasteiger partial charge in [-0.05, 0) is 30.3 Å². The Morgan fingerprint density at radius 3 is 2.45 bits per heavy atom. The van der Waals surface area contributed by atoms with Gasteiger partial charge in [-0.1, -0.05) is 48.0 Å². The highest BCUT2D eigenvalue weighted by atomic mass is 35.5. The lowest BCUT2D eigenvalue weighted by atomic mass is 10.1. The summed E-state index contributed by atoms with van der Waals surface area (Å²) in [7, 11) is 2.15. The number of halogens is 1. The Morgan fingerprint density at radius 2 is 1.69 bits per heavy atom. The molecule has 0 unspecified atom stereocenters. The van der Waals surface area contributed by atoms with Crippen LogP contribution >= 0.6 is 11.6 Å². The zero-order valence-electron chi connectivity index (χ0n) is 16.7. The molecule has 29 heavy (non-hydrogen) atoms. The smallest absolute Gasteiger partial charge is 0.253 e. The second-order valence-electron chi connectivity index (χ2n) is 7.34. The number of rotatable bonds is 7. The molecule has 0 bridgehead atoms. The summed E-state index contributed by atoms with van der Waals surface area (Å²) in [5.41, 5.74) is 2.65. The van der Waals surface area contributed by atoms with Crippen LogP contribution in [0.4, 0.5) is 0 Å².